The Balaban J connectivity index is 1.52. The summed E-state index contributed by atoms with van der Waals surface area (Å²) in [6.45, 7) is 0.175. The Kier molecular flexibility index (Phi) is 5.40. The molecule has 2 aliphatic heterocycles. The lowest BCUT2D eigenvalue weighted by Gasteiger charge is -2.28. The lowest BCUT2D eigenvalue weighted by molar-refractivity contribution is 0.0939. The van der Waals surface area contributed by atoms with Crippen LogP contribution in [0.2, 0.25) is 5.02 Å². The van der Waals surface area contributed by atoms with Crippen molar-refractivity contribution in [2.75, 3.05) is 6.54 Å². The van der Waals surface area contributed by atoms with Crippen LogP contribution < -0.4 is 5.32 Å². The number of aliphatic imine (C=N–C) groups is 2. The van der Waals surface area contributed by atoms with Gasteiger partial charge in [0.05, 0.1) is 10.7 Å². The van der Waals surface area contributed by atoms with E-state index < -0.39 is 28.0 Å². The number of halogens is 2. The third kappa shape index (κ3) is 3.99. The standard InChI is InChI=1S/C20H16ClFN4O3S/c21-16-6-1-2-7-18(16)30(28,29)26-9-8-17-14(12-26)11-23-20(24-17)25-19(27)13-4-3-5-15(22)10-13/h1-7,10-12,20H,8-9H2,(H,25,27). The van der Waals surface area contributed by atoms with E-state index in [4.69, 9.17) is 11.6 Å². The number of amides is 1. The van der Waals surface area contributed by atoms with Crippen LogP contribution in [0.25, 0.3) is 0 Å². The number of carbonyl (C=O) groups excluding carboxylic acids is 1. The second-order valence-corrected chi connectivity index (χ2v) is 8.86. The molecule has 0 bridgehead atoms. The molecule has 0 saturated heterocycles. The Labute approximate surface area is 177 Å². The van der Waals surface area contributed by atoms with Crippen LogP contribution in [-0.4, -0.2) is 43.4 Å². The van der Waals surface area contributed by atoms with Gasteiger partial charge in [0.25, 0.3) is 15.9 Å². The summed E-state index contributed by atoms with van der Waals surface area (Å²) in [5.74, 6) is -1.02. The van der Waals surface area contributed by atoms with E-state index in [1.165, 1.54) is 47.1 Å². The summed E-state index contributed by atoms with van der Waals surface area (Å²) in [6, 6.07) is 11.5. The maximum Gasteiger partial charge on any atom is 0.265 e. The SMILES string of the molecule is O=C(NC1N=CC2=CN(S(=O)(=O)c3ccccc3Cl)CCC2=N1)c1cccc(F)c1. The minimum atomic E-state index is -3.81. The van der Waals surface area contributed by atoms with Gasteiger partial charge in [-0.05, 0) is 30.3 Å². The van der Waals surface area contributed by atoms with Gasteiger partial charge in [0.2, 0.25) is 6.29 Å². The summed E-state index contributed by atoms with van der Waals surface area (Å²) in [4.78, 5) is 20.8. The number of hydrogen-bond donors (Lipinski definition) is 1. The number of nitrogens with zero attached hydrogens (tertiary/aromatic N) is 3. The fraction of sp³-hybridized carbons (Fsp3) is 0.150. The molecule has 2 aromatic carbocycles. The molecular weight excluding hydrogens is 431 g/mol. The molecule has 1 unspecified atom stereocenters. The summed E-state index contributed by atoms with van der Waals surface area (Å²) < 4.78 is 40.3. The molecular formula is C20H16ClFN4O3S. The minimum absolute atomic E-state index is 0.0249. The van der Waals surface area contributed by atoms with Crippen molar-refractivity contribution >= 4 is 39.5 Å². The second kappa shape index (κ2) is 8.00. The summed E-state index contributed by atoms with van der Waals surface area (Å²) >= 11 is 6.05. The molecule has 0 saturated carbocycles. The lowest BCUT2D eigenvalue weighted by atomic mass is 10.1. The van der Waals surface area contributed by atoms with Crippen molar-refractivity contribution < 1.29 is 17.6 Å². The number of rotatable bonds is 4. The Morgan fingerprint density at radius 3 is 2.77 bits per heavy atom. The maximum absolute atomic E-state index is 13.3. The van der Waals surface area contributed by atoms with Crippen molar-refractivity contribution in [1.82, 2.24) is 9.62 Å². The molecule has 1 N–H and O–H groups in total. The molecule has 30 heavy (non-hydrogen) atoms. The molecule has 0 fully saturated rings. The highest BCUT2D eigenvalue weighted by Crippen LogP contribution is 2.27. The molecule has 7 nitrogen and oxygen atoms in total. The van der Waals surface area contributed by atoms with Crippen LogP contribution in [0.4, 0.5) is 4.39 Å². The minimum Gasteiger partial charge on any atom is -0.312 e. The van der Waals surface area contributed by atoms with Gasteiger partial charge in [0.15, 0.2) is 0 Å². The van der Waals surface area contributed by atoms with Crippen LogP contribution in [-0.2, 0) is 10.0 Å². The van der Waals surface area contributed by atoms with Gasteiger partial charge < -0.3 is 5.32 Å². The zero-order chi connectivity index (χ0) is 21.3. The van der Waals surface area contributed by atoms with Gasteiger partial charge in [0.1, 0.15) is 10.7 Å². The highest BCUT2D eigenvalue weighted by atomic mass is 35.5. The van der Waals surface area contributed by atoms with E-state index in [1.807, 2.05) is 0 Å². The predicted octanol–water partition coefficient (Wildman–Crippen LogP) is 3.00. The molecule has 0 aromatic heterocycles. The number of hydrogen-bond acceptors (Lipinski definition) is 5. The van der Waals surface area contributed by atoms with Crippen molar-refractivity contribution in [1.29, 1.82) is 0 Å². The van der Waals surface area contributed by atoms with Crippen LogP contribution >= 0.6 is 11.6 Å². The third-order valence-electron chi connectivity index (χ3n) is 4.59. The van der Waals surface area contributed by atoms with E-state index >= 15 is 0 Å². The van der Waals surface area contributed by atoms with Crippen LogP contribution in [0, 0.1) is 5.82 Å². The highest BCUT2D eigenvalue weighted by Gasteiger charge is 2.30. The number of carbonyl (C=O) groups is 1. The largest absolute Gasteiger partial charge is 0.312 e. The van der Waals surface area contributed by atoms with Crippen LogP contribution in [0.15, 0.2) is 75.2 Å². The van der Waals surface area contributed by atoms with E-state index in [-0.39, 0.29) is 22.0 Å². The second-order valence-electron chi connectivity index (χ2n) is 6.59. The van der Waals surface area contributed by atoms with E-state index in [0.29, 0.717) is 17.7 Å². The summed E-state index contributed by atoms with van der Waals surface area (Å²) in [6.07, 6.45) is 2.40. The molecule has 10 heteroatoms. The van der Waals surface area contributed by atoms with Crippen LogP contribution in [0.5, 0.6) is 0 Å². The molecule has 2 aliphatic rings. The Morgan fingerprint density at radius 1 is 1.20 bits per heavy atom. The van der Waals surface area contributed by atoms with E-state index in [9.17, 15) is 17.6 Å². The Hall–Kier alpha value is -3.04. The highest BCUT2D eigenvalue weighted by molar-refractivity contribution is 7.89. The number of benzene rings is 2. The average Bonchev–Trinajstić information content (AvgIpc) is 2.73. The van der Waals surface area contributed by atoms with Crippen molar-refractivity contribution in [3.05, 3.63) is 76.7 Å². The molecule has 0 aliphatic carbocycles. The molecule has 2 aromatic rings. The lowest BCUT2D eigenvalue weighted by Crippen LogP contribution is -2.38. The van der Waals surface area contributed by atoms with Gasteiger partial charge in [-0.1, -0.05) is 29.8 Å². The smallest absolute Gasteiger partial charge is 0.265 e. The summed E-state index contributed by atoms with van der Waals surface area (Å²) in [5.41, 5.74) is 1.32. The topological polar surface area (TPSA) is 91.2 Å². The average molecular weight is 447 g/mol. The molecule has 4 rings (SSSR count). The number of allylic oxidation sites excluding steroid dienone is 1. The van der Waals surface area contributed by atoms with Crippen molar-refractivity contribution in [2.45, 2.75) is 17.6 Å². The monoisotopic (exact) mass is 446 g/mol. The predicted molar refractivity (Wildman–Crippen MR) is 112 cm³/mol. The first kappa shape index (κ1) is 20.2. The first-order chi connectivity index (χ1) is 14.3. The normalized spacial score (nSPS) is 18.3. The molecule has 0 radical (unpaired) electrons. The molecule has 154 valence electrons. The van der Waals surface area contributed by atoms with E-state index in [1.54, 1.807) is 12.1 Å². The third-order valence-corrected chi connectivity index (χ3v) is 6.85. The Bertz CT molecular complexity index is 1210. The van der Waals surface area contributed by atoms with Crippen LogP contribution in [0.3, 0.4) is 0 Å². The molecule has 1 atom stereocenters. The van der Waals surface area contributed by atoms with Gasteiger partial charge in [-0.15, -0.1) is 0 Å². The zero-order valence-electron chi connectivity index (χ0n) is 15.5. The van der Waals surface area contributed by atoms with Gasteiger partial charge in [-0.3, -0.25) is 9.10 Å². The van der Waals surface area contributed by atoms with Gasteiger partial charge in [-0.2, -0.15) is 0 Å². The van der Waals surface area contributed by atoms with Crippen molar-refractivity contribution in [3.63, 3.8) is 0 Å². The number of sulfonamides is 1. The van der Waals surface area contributed by atoms with E-state index in [0.717, 1.165) is 6.07 Å². The molecule has 1 amide bonds. The Morgan fingerprint density at radius 2 is 2.00 bits per heavy atom. The molecule has 2 heterocycles. The summed E-state index contributed by atoms with van der Waals surface area (Å²) in [7, 11) is -3.81. The van der Waals surface area contributed by atoms with Gasteiger partial charge in [-0.25, -0.2) is 22.8 Å². The summed E-state index contributed by atoms with van der Waals surface area (Å²) in [5, 5.41) is 2.75. The van der Waals surface area contributed by atoms with Crippen LogP contribution in [0.1, 0.15) is 16.8 Å². The van der Waals surface area contributed by atoms with E-state index in [2.05, 4.69) is 15.3 Å². The first-order valence-electron chi connectivity index (χ1n) is 8.99. The van der Waals surface area contributed by atoms with Gasteiger partial charge >= 0.3 is 0 Å². The zero-order valence-corrected chi connectivity index (χ0v) is 17.1. The molecule has 0 spiro atoms. The number of nitrogens with one attached hydrogen (secondary N) is 1. The van der Waals surface area contributed by atoms with Crippen molar-refractivity contribution in [3.8, 4) is 0 Å². The number of fused-ring (bicyclic) bond motifs is 1. The maximum atomic E-state index is 13.3. The van der Waals surface area contributed by atoms with Gasteiger partial charge in [0, 0.05) is 36.5 Å². The fourth-order valence-electron chi connectivity index (χ4n) is 3.10. The van der Waals surface area contributed by atoms with Crippen molar-refractivity contribution in [2.24, 2.45) is 9.98 Å². The first-order valence-corrected chi connectivity index (χ1v) is 10.8. The fourth-order valence-corrected chi connectivity index (χ4v) is 4.93. The quantitative estimate of drug-likeness (QED) is 0.782.